The van der Waals surface area contributed by atoms with Crippen molar-refractivity contribution in [2.24, 2.45) is 5.92 Å². The summed E-state index contributed by atoms with van der Waals surface area (Å²) in [5, 5.41) is 6.81. The Morgan fingerprint density at radius 1 is 1.31 bits per heavy atom. The predicted molar refractivity (Wildman–Crippen MR) is 101 cm³/mol. The highest BCUT2D eigenvalue weighted by molar-refractivity contribution is 5.98. The van der Waals surface area contributed by atoms with E-state index in [9.17, 15) is 9.59 Å². The number of carbonyl (C=O) groups excluding carboxylic acids is 2. The zero-order valence-electron chi connectivity index (χ0n) is 15.6. The largest absolute Gasteiger partial charge is 0.465 e. The van der Waals surface area contributed by atoms with Crippen LogP contribution in [0.1, 0.15) is 49.4 Å². The van der Waals surface area contributed by atoms with Crippen molar-refractivity contribution in [2.45, 2.75) is 46.0 Å². The molecule has 0 spiro atoms. The summed E-state index contributed by atoms with van der Waals surface area (Å²) in [7, 11) is 0. The van der Waals surface area contributed by atoms with Crippen molar-refractivity contribution in [1.29, 1.82) is 0 Å². The number of H-pyrrole nitrogens is 1. The number of aryl methyl sites for hydroxylation is 1. The fraction of sp³-hybridized carbons (Fsp3) is 0.450. The number of carbonyl (C=O) groups is 2. The van der Waals surface area contributed by atoms with Crippen LogP contribution in [0.3, 0.4) is 0 Å². The van der Waals surface area contributed by atoms with Crippen molar-refractivity contribution in [3.8, 4) is 0 Å². The molecule has 0 radical (unpaired) electrons. The Hall–Kier alpha value is -2.63. The third-order valence-electron chi connectivity index (χ3n) is 4.35. The molecule has 0 aliphatic heterocycles. The van der Waals surface area contributed by atoms with Gasteiger partial charge in [-0.1, -0.05) is 30.3 Å². The number of ether oxygens (including phenoxy) is 1. The first-order valence-electron chi connectivity index (χ1n) is 8.95. The van der Waals surface area contributed by atoms with E-state index in [-0.39, 0.29) is 5.78 Å². The zero-order chi connectivity index (χ0) is 19.1. The molecule has 6 nitrogen and oxygen atoms in total. The normalized spacial score (nSPS) is 14.1. The Bertz CT molecular complexity index is 717. The Labute approximate surface area is 154 Å². The fourth-order valence-corrected chi connectivity index (χ4v) is 2.83. The maximum Gasteiger partial charge on any atom is 0.316 e. The minimum atomic E-state index is -0.678. The Morgan fingerprint density at radius 3 is 2.42 bits per heavy atom. The topological polar surface area (TPSA) is 98.1 Å². The van der Waals surface area contributed by atoms with Crippen LogP contribution >= 0.6 is 0 Å². The van der Waals surface area contributed by atoms with Gasteiger partial charge in [-0.15, -0.1) is 0 Å². The van der Waals surface area contributed by atoms with Crippen LogP contribution in [0.15, 0.2) is 30.3 Å². The smallest absolute Gasteiger partial charge is 0.316 e. The third kappa shape index (κ3) is 5.44. The number of benzene rings is 1. The minimum Gasteiger partial charge on any atom is -0.465 e. The van der Waals surface area contributed by atoms with E-state index in [1.807, 2.05) is 37.3 Å². The standard InChI is InChI=1S/C13H16O3.C7H11N3/c1-3-16-13(15)12(10(2)14)9-11-7-5-4-6-8-11;1-4-6(5-2-3-5)7(8)10-9-4/h4-8,12H,3,9H2,1-2H3;5H,2-3H2,1H3,(H3,8,9,10). The molecule has 1 unspecified atom stereocenters. The van der Waals surface area contributed by atoms with E-state index in [1.165, 1.54) is 25.3 Å². The summed E-state index contributed by atoms with van der Waals surface area (Å²) in [4.78, 5) is 22.9. The number of anilines is 1. The van der Waals surface area contributed by atoms with Crippen LogP contribution in [0.4, 0.5) is 5.82 Å². The van der Waals surface area contributed by atoms with Crippen LogP contribution in [-0.2, 0) is 20.7 Å². The number of hydrogen-bond donors (Lipinski definition) is 2. The molecule has 1 fully saturated rings. The van der Waals surface area contributed by atoms with Gasteiger partial charge in [0.15, 0.2) is 0 Å². The van der Waals surface area contributed by atoms with Crippen molar-refractivity contribution in [1.82, 2.24) is 10.2 Å². The van der Waals surface area contributed by atoms with Gasteiger partial charge in [0.05, 0.1) is 6.61 Å². The van der Waals surface area contributed by atoms with Crippen LogP contribution < -0.4 is 5.73 Å². The van der Waals surface area contributed by atoms with Gasteiger partial charge in [-0.25, -0.2) is 0 Å². The number of aromatic amines is 1. The van der Waals surface area contributed by atoms with Gasteiger partial charge in [0.25, 0.3) is 0 Å². The number of rotatable bonds is 6. The predicted octanol–water partition coefficient (Wildman–Crippen LogP) is 3.18. The van der Waals surface area contributed by atoms with Gasteiger partial charge in [0.1, 0.15) is 17.5 Å². The van der Waals surface area contributed by atoms with Gasteiger partial charge >= 0.3 is 5.97 Å². The highest BCUT2D eigenvalue weighted by atomic mass is 16.5. The van der Waals surface area contributed by atoms with Gasteiger partial charge < -0.3 is 10.5 Å². The summed E-state index contributed by atoms with van der Waals surface area (Å²) in [6, 6.07) is 9.47. The molecule has 140 valence electrons. The van der Waals surface area contributed by atoms with Gasteiger partial charge in [-0.3, -0.25) is 14.7 Å². The summed E-state index contributed by atoms with van der Waals surface area (Å²) < 4.78 is 4.88. The van der Waals surface area contributed by atoms with E-state index in [0.717, 1.165) is 11.3 Å². The highest BCUT2D eigenvalue weighted by Crippen LogP contribution is 2.43. The first-order valence-corrected chi connectivity index (χ1v) is 8.95. The lowest BCUT2D eigenvalue weighted by atomic mass is 9.96. The van der Waals surface area contributed by atoms with Crippen molar-refractivity contribution in [3.05, 3.63) is 47.2 Å². The van der Waals surface area contributed by atoms with Crippen LogP contribution in [0.5, 0.6) is 0 Å². The third-order valence-corrected chi connectivity index (χ3v) is 4.35. The molecule has 1 saturated carbocycles. The molecule has 26 heavy (non-hydrogen) atoms. The number of aromatic nitrogens is 2. The monoisotopic (exact) mass is 357 g/mol. The number of Topliss-reactive ketones (excluding diaryl/α,β-unsaturated/α-hetero) is 1. The molecule has 6 heteroatoms. The molecule has 1 atom stereocenters. The second-order valence-electron chi connectivity index (χ2n) is 6.53. The lowest BCUT2D eigenvalue weighted by molar-refractivity contribution is -0.151. The maximum atomic E-state index is 11.5. The van der Waals surface area contributed by atoms with Crippen LogP contribution in [-0.4, -0.2) is 28.6 Å². The molecular weight excluding hydrogens is 330 g/mol. The number of nitrogens with zero attached hydrogens (tertiary/aromatic N) is 1. The van der Waals surface area contributed by atoms with Crippen LogP contribution in [0.25, 0.3) is 0 Å². The quantitative estimate of drug-likeness (QED) is 0.611. The number of hydrogen-bond acceptors (Lipinski definition) is 5. The Morgan fingerprint density at radius 2 is 1.96 bits per heavy atom. The number of esters is 1. The lowest BCUT2D eigenvalue weighted by Crippen LogP contribution is -2.26. The van der Waals surface area contributed by atoms with Gasteiger partial charge in [0.2, 0.25) is 0 Å². The van der Waals surface area contributed by atoms with E-state index < -0.39 is 11.9 Å². The number of nitrogens with one attached hydrogen (secondary N) is 1. The van der Waals surface area contributed by atoms with E-state index >= 15 is 0 Å². The van der Waals surface area contributed by atoms with Crippen molar-refractivity contribution in [3.63, 3.8) is 0 Å². The molecule has 0 bridgehead atoms. The van der Waals surface area contributed by atoms with Crippen molar-refractivity contribution < 1.29 is 14.3 Å². The molecule has 2 aromatic rings. The maximum absolute atomic E-state index is 11.5. The highest BCUT2D eigenvalue weighted by Gasteiger charge is 2.28. The first-order chi connectivity index (χ1) is 12.4. The molecule has 1 aliphatic rings. The molecule has 3 rings (SSSR count). The fourth-order valence-electron chi connectivity index (χ4n) is 2.83. The van der Waals surface area contributed by atoms with E-state index in [1.54, 1.807) is 6.92 Å². The zero-order valence-corrected chi connectivity index (χ0v) is 15.6. The summed E-state index contributed by atoms with van der Waals surface area (Å²) in [5.41, 5.74) is 9.00. The Balaban J connectivity index is 0.000000206. The van der Waals surface area contributed by atoms with Crippen molar-refractivity contribution >= 4 is 17.6 Å². The number of nitrogens with two attached hydrogens (primary N) is 1. The average molecular weight is 357 g/mol. The van der Waals surface area contributed by atoms with Crippen LogP contribution in [0.2, 0.25) is 0 Å². The number of ketones is 1. The van der Waals surface area contributed by atoms with E-state index in [0.29, 0.717) is 24.8 Å². The second-order valence-corrected chi connectivity index (χ2v) is 6.53. The van der Waals surface area contributed by atoms with Gasteiger partial charge in [-0.2, -0.15) is 5.10 Å². The summed E-state index contributed by atoms with van der Waals surface area (Å²) in [6.45, 7) is 5.48. The molecule has 0 saturated heterocycles. The molecule has 3 N–H and O–H groups in total. The van der Waals surface area contributed by atoms with E-state index in [2.05, 4.69) is 10.2 Å². The number of nitrogen functional groups attached to an aromatic ring is 1. The second kappa shape index (κ2) is 9.17. The Kier molecular flexibility index (Phi) is 6.95. The average Bonchev–Trinajstić information content (AvgIpc) is 3.39. The summed E-state index contributed by atoms with van der Waals surface area (Å²) in [6.07, 6.45) is 2.98. The molecule has 1 aliphatic carbocycles. The molecule has 1 aromatic heterocycles. The molecular formula is C20H27N3O3. The van der Waals surface area contributed by atoms with E-state index in [4.69, 9.17) is 10.5 Å². The van der Waals surface area contributed by atoms with Crippen molar-refractivity contribution in [2.75, 3.05) is 12.3 Å². The summed E-state index contributed by atoms with van der Waals surface area (Å²) >= 11 is 0. The molecule has 0 amide bonds. The lowest BCUT2D eigenvalue weighted by Gasteiger charge is -2.12. The van der Waals surface area contributed by atoms with Crippen LogP contribution in [0, 0.1) is 12.8 Å². The first kappa shape index (κ1) is 19.7. The minimum absolute atomic E-state index is 0.151. The molecule has 1 heterocycles. The SMILES string of the molecule is CCOC(=O)C(Cc1ccccc1)C(C)=O.Cc1[nH]nc(N)c1C1CC1. The van der Waals surface area contributed by atoms with Gasteiger partial charge in [-0.05, 0) is 51.5 Å². The summed E-state index contributed by atoms with van der Waals surface area (Å²) in [5.74, 6) is 0.141. The molecule has 1 aromatic carbocycles. The van der Waals surface area contributed by atoms with Gasteiger partial charge in [0, 0.05) is 11.3 Å².